The number of sulfonamides is 1. The Morgan fingerprint density at radius 1 is 0.824 bits per heavy atom. The van der Waals surface area contributed by atoms with Crippen LogP contribution in [0.1, 0.15) is 16.7 Å². The lowest BCUT2D eigenvalue weighted by Gasteiger charge is -2.37. The lowest BCUT2D eigenvalue weighted by Crippen LogP contribution is -2.52. The van der Waals surface area contributed by atoms with Gasteiger partial charge in [0.2, 0.25) is 5.91 Å². The predicted molar refractivity (Wildman–Crippen MR) is 137 cm³/mol. The first-order valence-corrected chi connectivity index (χ1v) is 12.9. The molecule has 1 aliphatic heterocycles. The first-order valence-electron chi connectivity index (χ1n) is 11.5. The molecule has 1 heterocycles. The average molecular weight is 478 g/mol. The van der Waals surface area contributed by atoms with Crippen molar-refractivity contribution in [3.63, 3.8) is 0 Å². The molecule has 0 saturated carbocycles. The van der Waals surface area contributed by atoms with E-state index in [1.54, 1.807) is 35.2 Å². The summed E-state index contributed by atoms with van der Waals surface area (Å²) < 4.78 is 28.5. The van der Waals surface area contributed by atoms with Gasteiger partial charge in [0.1, 0.15) is 6.54 Å². The molecule has 1 amide bonds. The lowest BCUT2D eigenvalue weighted by molar-refractivity contribution is -0.129. The molecule has 1 saturated heterocycles. The molecule has 0 aliphatic carbocycles. The van der Waals surface area contributed by atoms with Gasteiger partial charge in [-0.3, -0.25) is 9.10 Å². The normalized spacial score (nSPS) is 14.2. The van der Waals surface area contributed by atoms with Crippen LogP contribution in [0.4, 0.5) is 11.4 Å². The van der Waals surface area contributed by atoms with E-state index in [-0.39, 0.29) is 17.3 Å². The van der Waals surface area contributed by atoms with E-state index < -0.39 is 10.0 Å². The van der Waals surface area contributed by atoms with Gasteiger partial charge in [0, 0.05) is 31.9 Å². The van der Waals surface area contributed by atoms with Crippen molar-refractivity contribution in [2.75, 3.05) is 41.9 Å². The first kappa shape index (κ1) is 23.8. The summed E-state index contributed by atoms with van der Waals surface area (Å²) in [7, 11) is -3.91. The van der Waals surface area contributed by atoms with Crippen molar-refractivity contribution in [3.8, 4) is 0 Å². The third-order valence-electron chi connectivity index (χ3n) is 6.42. The van der Waals surface area contributed by atoms with Crippen LogP contribution in [0.3, 0.4) is 0 Å². The zero-order valence-electron chi connectivity index (χ0n) is 19.9. The zero-order chi connectivity index (χ0) is 24.3. The largest absolute Gasteiger partial charge is 0.368 e. The molecule has 6 nitrogen and oxygen atoms in total. The highest BCUT2D eigenvalue weighted by atomic mass is 32.2. The summed E-state index contributed by atoms with van der Waals surface area (Å²) in [6.45, 7) is 8.14. The van der Waals surface area contributed by atoms with Gasteiger partial charge in [-0.25, -0.2) is 8.42 Å². The van der Waals surface area contributed by atoms with Crippen LogP contribution in [0.5, 0.6) is 0 Å². The Morgan fingerprint density at radius 2 is 1.47 bits per heavy atom. The molecule has 1 fully saturated rings. The molecule has 178 valence electrons. The van der Waals surface area contributed by atoms with Crippen molar-refractivity contribution in [3.05, 3.63) is 89.5 Å². The van der Waals surface area contributed by atoms with Gasteiger partial charge in [0.15, 0.2) is 0 Å². The number of rotatable bonds is 6. The Morgan fingerprint density at radius 3 is 2.09 bits per heavy atom. The molecule has 1 aliphatic rings. The maximum Gasteiger partial charge on any atom is 0.264 e. The monoisotopic (exact) mass is 477 g/mol. The molecule has 0 spiro atoms. The number of piperazine rings is 1. The van der Waals surface area contributed by atoms with E-state index in [9.17, 15) is 13.2 Å². The van der Waals surface area contributed by atoms with E-state index in [1.165, 1.54) is 4.31 Å². The summed E-state index contributed by atoms with van der Waals surface area (Å²) >= 11 is 0. The molecule has 0 bridgehead atoms. The summed E-state index contributed by atoms with van der Waals surface area (Å²) in [5.41, 5.74) is 4.66. The van der Waals surface area contributed by atoms with Gasteiger partial charge >= 0.3 is 0 Å². The SMILES string of the molecule is Cc1ccc(S(=O)(=O)N(CC(=O)N2CCN(c3ccccc3)CC2)c2ccc(C)c(C)c2)cc1. The van der Waals surface area contributed by atoms with Crippen LogP contribution in [0.25, 0.3) is 0 Å². The molecular weight excluding hydrogens is 446 g/mol. The summed E-state index contributed by atoms with van der Waals surface area (Å²) in [6, 6.07) is 22.4. The molecule has 3 aromatic carbocycles. The van der Waals surface area contributed by atoms with Gasteiger partial charge in [-0.15, -0.1) is 0 Å². The standard InChI is InChI=1S/C27H31N3O3S/c1-21-9-13-26(14-10-21)34(32,33)30(25-12-11-22(2)23(3)19-25)20-27(31)29-17-15-28(16-18-29)24-7-5-4-6-8-24/h4-14,19H,15-18,20H2,1-3H3. The van der Waals surface area contributed by atoms with Gasteiger partial charge in [-0.1, -0.05) is 42.0 Å². The number of nitrogens with zero attached hydrogens (tertiary/aromatic N) is 3. The molecule has 0 radical (unpaired) electrons. The van der Waals surface area contributed by atoms with E-state index in [4.69, 9.17) is 0 Å². The van der Waals surface area contributed by atoms with Crippen LogP contribution in [0, 0.1) is 20.8 Å². The molecule has 4 rings (SSSR count). The molecule has 0 unspecified atom stereocenters. The Balaban J connectivity index is 1.56. The van der Waals surface area contributed by atoms with Crippen molar-refractivity contribution < 1.29 is 13.2 Å². The highest BCUT2D eigenvalue weighted by Crippen LogP contribution is 2.26. The minimum absolute atomic E-state index is 0.179. The van der Waals surface area contributed by atoms with Crippen LogP contribution in [-0.4, -0.2) is 51.9 Å². The van der Waals surface area contributed by atoms with E-state index in [0.717, 1.165) is 22.4 Å². The fourth-order valence-electron chi connectivity index (χ4n) is 4.11. The molecule has 0 N–H and O–H groups in total. The molecule has 0 aromatic heterocycles. The summed E-state index contributed by atoms with van der Waals surface area (Å²) in [5.74, 6) is -0.193. The number of amides is 1. The minimum atomic E-state index is -3.91. The van der Waals surface area contributed by atoms with Crippen LogP contribution in [-0.2, 0) is 14.8 Å². The van der Waals surface area contributed by atoms with E-state index in [1.807, 2.05) is 51.1 Å². The Kier molecular flexibility index (Phi) is 6.93. The maximum atomic E-state index is 13.6. The number of para-hydroxylation sites is 1. The van der Waals surface area contributed by atoms with Crippen LogP contribution in [0.15, 0.2) is 77.7 Å². The maximum absolute atomic E-state index is 13.6. The Bertz CT molecular complexity index is 1250. The van der Waals surface area contributed by atoms with Gasteiger partial charge in [0.05, 0.1) is 10.6 Å². The van der Waals surface area contributed by atoms with E-state index >= 15 is 0 Å². The number of carbonyl (C=O) groups is 1. The van der Waals surface area contributed by atoms with Crippen LogP contribution < -0.4 is 9.21 Å². The second-order valence-electron chi connectivity index (χ2n) is 8.80. The predicted octanol–water partition coefficient (Wildman–Crippen LogP) is 4.16. The van der Waals surface area contributed by atoms with Crippen LogP contribution >= 0.6 is 0 Å². The number of carbonyl (C=O) groups excluding carboxylic acids is 1. The third-order valence-corrected chi connectivity index (χ3v) is 8.21. The molecule has 34 heavy (non-hydrogen) atoms. The fraction of sp³-hybridized carbons (Fsp3) is 0.296. The van der Waals surface area contributed by atoms with Gasteiger partial charge in [-0.2, -0.15) is 0 Å². The summed E-state index contributed by atoms with van der Waals surface area (Å²) in [5, 5.41) is 0. The van der Waals surface area contributed by atoms with Crippen molar-refractivity contribution in [1.82, 2.24) is 4.90 Å². The molecule has 0 atom stereocenters. The average Bonchev–Trinajstić information content (AvgIpc) is 2.85. The molecule has 7 heteroatoms. The highest BCUT2D eigenvalue weighted by Gasteiger charge is 2.30. The molecular formula is C27H31N3O3S. The van der Waals surface area contributed by atoms with Crippen molar-refractivity contribution in [1.29, 1.82) is 0 Å². The minimum Gasteiger partial charge on any atom is -0.368 e. The van der Waals surface area contributed by atoms with Crippen LogP contribution in [0.2, 0.25) is 0 Å². The second-order valence-corrected chi connectivity index (χ2v) is 10.7. The Labute approximate surface area is 202 Å². The zero-order valence-corrected chi connectivity index (χ0v) is 20.8. The number of anilines is 2. The third kappa shape index (κ3) is 5.09. The van der Waals surface area contributed by atoms with Crippen molar-refractivity contribution in [2.45, 2.75) is 25.7 Å². The Hall–Kier alpha value is -3.32. The van der Waals surface area contributed by atoms with Crippen molar-refractivity contribution in [2.24, 2.45) is 0 Å². The lowest BCUT2D eigenvalue weighted by atomic mass is 10.1. The van der Waals surface area contributed by atoms with Crippen molar-refractivity contribution >= 4 is 27.3 Å². The first-order chi connectivity index (χ1) is 16.3. The number of hydrogen-bond acceptors (Lipinski definition) is 4. The van der Waals surface area contributed by atoms with E-state index in [0.29, 0.717) is 31.9 Å². The summed E-state index contributed by atoms with van der Waals surface area (Å²) in [4.78, 5) is 17.5. The fourth-order valence-corrected chi connectivity index (χ4v) is 5.51. The molecule has 3 aromatic rings. The topological polar surface area (TPSA) is 60.9 Å². The highest BCUT2D eigenvalue weighted by molar-refractivity contribution is 7.92. The van der Waals surface area contributed by atoms with E-state index in [2.05, 4.69) is 17.0 Å². The number of aryl methyl sites for hydroxylation is 3. The van der Waals surface area contributed by atoms with Gasteiger partial charge in [0.25, 0.3) is 10.0 Å². The second kappa shape index (κ2) is 9.89. The number of hydrogen-bond donors (Lipinski definition) is 0. The van der Waals surface area contributed by atoms with Gasteiger partial charge in [-0.05, 0) is 68.3 Å². The van der Waals surface area contributed by atoms with Gasteiger partial charge < -0.3 is 9.80 Å². The number of benzene rings is 3. The smallest absolute Gasteiger partial charge is 0.264 e. The summed E-state index contributed by atoms with van der Waals surface area (Å²) in [6.07, 6.45) is 0. The quantitative estimate of drug-likeness (QED) is 0.535.